The molecule has 0 amide bonds. The summed E-state index contributed by atoms with van der Waals surface area (Å²) in [6, 6.07) is 10.7. The molecule has 4 heterocycles. The second kappa shape index (κ2) is 9.87. The Balaban J connectivity index is 1.38. The molecular weight excluding hydrogens is 499 g/mol. The number of methoxy groups -OCH3 is 1. The van der Waals surface area contributed by atoms with Gasteiger partial charge in [-0.25, -0.2) is 32.3 Å². The van der Waals surface area contributed by atoms with E-state index >= 15 is 0 Å². The Hall–Kier alpha value is -3.90. The van der Waals surface area contributed by atoms with Crippen molar-refractivity contribution < 1.29 is 22.3 Å². The van der Waals surface area contributed by atoms with Crippen LogP contribution >= 0.6 is 0 Å². The Morgan fingerprint density at radius 1 is 1.14 bits per heavy atom. The number of carbonyl (C=O) groups excluding carboxylic acids is 1. The van der Waals surface area contributed by atoms with Gasteiger partial charge in [0.25, 0.3) is 0 Å². The third-order valence-electron chi connectivity index (χ3n) is 6.41. The summed E-state index contributed by atoms with van der Waals surface area (Å²) in [5.41, 5.74) is 1.12. The van der Waals surface area contributed by atoms with Gasteiger partial charge in [-0.05, 0) is 63.3 Å². The number of hydrogen-bond acceptors (Lipinski definition) is 9. The molecule has 0 unspecified atom stereocenters. The summed E-state index contributed by atoms with van der Waals surface area (Å²) >= 11 is 0. The van der Waals surface area contributed by atoms with Crippen molar-refractivity contribution in [2.24, 2.45) is 0 Å². The van der Waals surface area contributed by atoms with Gasteiger partial charge < -0.3 is 15.0 Å². The van der Waals surface area contributed by atoms with Gasteiger partial charge in [0.05, 0.1) is 29.3 Å². The lowest BCUT2D eigenvalue weighted by Crippen LogP contribution is -2.37. The van der Waals surface area contributed by atoms with E-state index in [1.54, 1.807) is 24.4 Å². The lowest BCUT2D eigenvalue weighted by atomic mass is 10.1. The second-order valence-corrected chi connectivity index (χ2v) is 11.1. The molecule has 0 aliphatic carbocycles. The Kier molecular flexibility index (Phi) is 6.61. The standard InChI is InChI=1S/C25H25FN6O4S/c1-31-10-7-18(8-11-31)37(34,35)24-6-3-16-15-27-23(14-22(16)29-24)28-20-5-4-17(13-19(20)26)32-12-9-21(30-32)25(33)36-2/h3-6,9,12-15,18H,7-8,10-11H2,1-2H3,(H,27,28). The van der Waals surface area contributed by atoms with Crippen LogP contribution in [0, 0.1) is 5.82 Å². The number of likely N-dealkylation sites (tertiary alicyclic amines) is 1. The summed E-state index contributed by atoms with van der Waals surface area (Å²) in [6.07, 6.45) is 4.22. The lowest BCUT2D eigenvalue weighted by molar-refractivity contribution is 0.0593. The Morgan fingerprint density at radius 2 is 1.92 bits per heavy atom. The number of esters is 1. The number of carbonyl (C=O) groups is 1. The van der Waals surface area contributed by atoms with E-state index in [0.29, 0.717) is 35.2 Å². The van der Waals surface area contributed by atoms with E-state index in [1.165, 1.54) is 42.3 Å². The molecule has 0 bridgehead atoms. The zero-order chi connectivity index (χ0) is 26.2. The maximum absolute atomic E-state index is 14.9. The Bertz CT molecular complexity index is 1580. The van der Waals surface area contributed by atoms with Gasteiger partial charge in [0.2, 0.25) is 0 Å². The van der Waals surface area contributed by atoms with Crippen LogP contribution in [0.5, 0.6) is 0 Å². The smallest absolute Gasteiger partial charge is 0.358 e. The summed E-state index contributed by atoms with van der Waals surface area (Å²) in [4.78, 5) is 22.5. The first kappa shape index (κ1) is 24.8. The number of nitrogens with zero attached hydrogens (tertiary/aromatic N) is 5. The van der Waals surface area contributed by atoms with Crippen LogP contribution in [-0.4, -0.2) is 71.5 Å². The van der Waals surface area contributed by atoms with Crippen molar-refractivity contribution in [1.29, 1.82) is 0 Å². The van der Waals surface area contributed by atoms with Crippen molar-refractivity contribution >= 4 is 38.2 Å². The molecule has 5 rings (SSSR count). The topological polar surface area (TPSA) is 119 Å². The first-order valence-corrected chi connectivity index (χ1v) is 13.2. The van der Waals surface area contributed by atoms with Crippen molar-refractivity contribution in [2.45, 2.75) is 23.1 Å². The van der Waals surface area contributed by atoms with Crippen molar-refractivity contribution in [3.8, 4) is 5.69 Å². The monoisotopic (exact) mass is 524 g/mol. The van der Waals surface area contributed by atoms with Crippen LogP contribution in [0.2, 0.25) is 0 Å². The maximum atomic E-state index is 14.9. The minimum Gasteiger partial charge on any atom is -0.464 e. The number of hydrogen-bond donors (Lipinski definition) is 1. The highest BCUT2D eigenvalue weighted by atomic mass is 32.2. The highest BCUT2D eigenvalue weighted by Crippen LogP contribution is 2.27. The molecule has 1 aliphatic heterocycles. The van der Waals surface area contributed by atoms with Crippen molar-refractivity contribution in [3.05, 3.63) is 66.4 Å². The van der Waals surface area contributed by atoms with Crippen LogP contribution in [0.4, 0.5) is 15.9 Å². The molecule has 1 fully saturated rings. The predicted octanol–water partition coefficient (Wildman–Crippen LogP) is 3.35. The molecule has 1 aliphatic rings. The highest BCUT2D eigenvalue weighted by Gasteiger charge is 2.31. The quantitative estimate of drug-likeness (QED) is 0.379. The highest BCUT2D eigenvalue weighted by molar-refractivity contribution is 7.92. The molecule has 1 saturated heterocycles. The third kappa shape index (κ3) is 5.02. The molecular formula is C25H25FN6O4S. The molecule has 37 heavy (non-hydrogen) atoms. The van der Waals surface area contributed by atoms with Gasteiger partial charge in [-0.2, -0.15) is 5.10 Å². The SMILES string of the molecule is COC(=O)c1ccn(-c2ccc(Nc3cc4nc(S(=O)(=O)C5CCN(C)CC5)ccc4cn3)c(F)c2)n1. The lowest BCUT2D eigenvalue weighted by Gasteiger charge is -2.28. The predicted molar refractivity (Wildman–Crippen MR) is 135 cm³/mol. The van der Waals surface area contributed by atoms with Gasteiger partial charge in [-0.1, -0.05) is 0 Å². The number of benzene rings is 1. The van der Waals surface area contributed by atoms with Crippen LogP contribution in [0.3, 0.4) is 0 Å². The molecule has 0 spiro atoms. The summed E-state index contributed by atoms with van der Waals surface area (Å²) in [6.45, 7) is 1.46. The number of anilines is 2. The number of halogens is 1. The van der Waals surface area contributed by atoms with Crippen LogP contribution < -0.4 is 5.32 Å². The number of nitrogens with one attached hydrogen (secondary N) is 1. The summed E-state index contributed by atoms with van der Waals surface area (Å²) in [5.74, 6) is -0.843. The van der Waals surface area contributed by atoms with E-state index in [9.17, 15) is 17.6 Å². The molecule has 1 N–H and O–H groups in total. The van der Waals surface area contributed by atoms with Gasteiger partial charge in [-0.3, -0.25) is 0 Å². The zero-order valence-electron chi connectivity index (χ0n) is 20.3. The molecule has 4 aromatic rings. The summed E-state index contributed by atoms with van der Waals surface area (Å²) in [5, 5.41) is 7.25. The Morgan fingerprint density at radius 3 is 2.65 bits per heavy atom. The number of aromatic nitrogens is 4. The van der Waals surface area contributed by atoms with Gasteiger partial charge >= 0.3 is 5.97 Å². The van der Waals surface area contributed by atoms with E-state index in [0.717, 1.165) is 13.1 Å². The average Bonchev–Trinajstić information content (AvgIpc) is 3.40. The molecule has 0 radical (unpaired) electrons. The van der Waals surface area contributed by atoms with E-state index in [1.807, 2.05) is 7.05 Å². The number of piperidine rings is 1. The van der Waals surface area contributed by atoms with Crippen LogP contribution in [0.25, 0.3) is 16.6 Å². The number of ether oxygens (including phenoxy) is 1. The van der Waals surface area contributed by atoms with E-state index < -0.39 is 26.9 Å². The molecule has 3 aromatic heterocycles. The molecule has 12 heteroatoms. The second-order valence-electron chi connectivity index (χ2n) is 8.89. The van der Waals surface area contributed by atoms with Crippen molar-refractivity contribution in [2.75, 3.05) is 32.6 Å². The normalized spacial score (nSPS) is 15.1. The largest absolute Gasteiger partial charge is 0.464 e. The molecule has 1 aromatic carbocycles. The molecule has 0 atom stereocenters. The molecule has 10 nitrogen and oxygen atoms in total. The fourth-order valence-electron chi connectivity index (χ4n) is 4.26. The zero-order valence-corrected chi connectivity index (χ0v) is 21.1. The fraction of sp³-hybridized carbons (Fsp3) is 0.280. The minimum atomic E-state index is -3.57. The summed E-state index contributed by atoms with van der Waals surface area (Å²) < 4.78 is 47.2. The first-order chi connectivity index (χ1) is 17.7. The fourth-order valence-corrected chi connectivity index (χ4v) is 5.91. The average molecular weight is 525 g/mol. The van der Waals surface area contributed by atoms with Gasteiger partial charge in [-0.15, -0.1) is 0 Å². The van der Waals surface area contributed by atoms with Crippen molar-refractivity contribution in [3.63, 3.8) is 0 Å². The van der Waals surface area contributed by atoms with Crippen LogP contribution in [-0.2, 0) is 14.6 Å². The Labute approximate surface area is 213 Å². The van der Waals surface area contributed by atoms with Crippen LogP contribution in [0.15, 0.2) is 59.9 Å². The summed E-state index contributed by atoms with van der Waals surface area (Å²) in [7, 11) is -0.331. The van der Waals surface area contributed by atoms with Gasteiger partial charge in [0.1, 0.15) is 11.6 Å². The van der Waals surface area contributed by atoms with Gasteiger partial charge in [0, 0.05) is 29.9 Å². The molecule has 0 saturated carbocycles. The van der Waals surface area contributed by atoms with E-state index in [-0.39, 0.29) is 16.4 Å². The number of rotatable bonds is 6. The first-order valence-electron chi connectivity index (χ1n) is 11.6. The van der Waals surface area contributed by atoms with Gasteiger partial charge in [0.15, 0.2) is 20.6 Å². The van der Waals surface area contributed by atoms with Crippen molar-refractivity contribution in [1.82, 2.24) is 24.6 Å². The van der Waals surface area contributed by atoms with E-state index in [2.05, 4.69) is 30.0 Å². The third-order valence-corrected chi connectivity index (χ3v) is 8.57. The number of fused-ring (bicyclic) bond motifs is 1. The van der Waals surface area contributed by atoms with E-state index in [4.69, 9.17) is 0 Å². The number of pyridine rings is 2. The minimum absolute atomic E-state index is 0.0350. The number of sulfone groups is 1. The van der Waals surface area contributed by atoms with Crippen LogP contribution in [0.1, 0.15) is 23.3 Å². The molecule has 192 valence electrons. The maximum Gasteiger partial charge on any atom is 0.358 e.